The van der Waals surface area contributed by atoms with Crippen molar-refractivity contribution >= 4 is 0 Å². The molecule has 1 fully saturated rings. The van der Waals surface area contributed by atoms with Crippen LogP contribution in [0.2, 0.25) is 0 Å². The van der Waals surface area contributed by atoms with Crippen LogP contribution in [0.25, 0.3) is 0 Å². The van der Waals surface area contributed by atoms with Crippen molar-refractivity contribution in [1.82, 2.24) is 5.32 Å². The second-order valence-corrected chi connectivity index (χ2v) is 5.39. The molecule has 0 heterocycles. The molecule has 2 rings (SSSR count). The smallest absolute Gasteiger partial charge is 0.203 e. The van der Waals surface area contributed by atoms with Crippen LogP contribution in [0.4, 0.5) is 0 Å². The van der Waals surface area contributed by atoms with Crippen LogP contribution in [0.15, 0.2) is 12.1 Å². The predicted molar refractivity (Wildman–Crippen MR) is 81.2 cm³/mol. The topological polar surface area (TPSA) is 60.0 Å². The zero-order chi connectivity index (χ0) is 15.2. The normalized spacial score (nSPS) is 21.9. The van der Waals surface area contributed by atoms with Gasteiger partial charge < -0.3 is 24.6 Å². The third kappa shape index (κ3) is 3.80. The van der Waals surface area contributed by atoms with E-state index in [0.29, 0.717) is 29.8 Å². The van der Waals surface area contributed by atoms with E-state index in [4.69, 9.17) is 14.2 Å². The largest absolute Gasteiger partial charge is 0.493 e. The number of nitrogens with one attached hydrogen (secondary N) is 1. The number of aliphatic hydroxyl groups excluding tert-OH is 1. The average molecular weight is 295 g/mol. The average Bonchev–Trinajstić information content (AvgIpc) is 2.51. The standard InChI is InChI=1S/C16H25NO4/c1-19-14-8-7-11(15(20-2)16(14)21-3)10-17-12-5-4-6-13(18)9-12/h7-8,12-13,17-18H,4-6,9-10H2,1-3H3. The van der Waals surface area contributed by atoms with E-state index in [9.17, 15) is 5.11 Å². The molecule has 0 saturated heterocycles. The van der Waals surface area contributed by atoms with Gasteiger partial charge >= 0.3 is 0 Å². The number of hydrogen-bond acceptors (Lipinski definition) is 5. The first kappa shape index (κ1) is 15.9. The summed E-state index contributed by atoms with van der Waals surface area (Å²) >= 11 is 0. The molecule has 1 aromatic carbocycles. The maximum absolute atomic E-state index is 9.73. The summed E-state index contributed by atoms with van der Waals surface area (Å²) in [4.78, 5) is 0. The molecule has 2 N–H and O–H groups in total. The molecule has 118 valence electrons. The first-order valence-electron chi connectivity index (χ1n) is 7.38. The second-order valence-electron chi connectivity index (χ2n) is 5.39. The van der Waals surface area contributed by atoms with E-state index < -0.39 is 0 Å². The van der Waals surface area contributed by atoms with Gasteiger partial charge in [0.1, 0.15) is 0 Å². The number of ether oxygens (including phenoxy) is 3. The van der Waals surface area contributed by atoms with E-state index in [2.05, 4.69) is 5.32 Å². The van der Waals surface area contributed by atoms with Crippen LogP contribution in [-0.4, -0.2) is 38.6 Å². The summed E-state index contributed by atoms with van der Waals surface area (Å²) in [5, 5.41) is 13.2. The zero-order valence-corrected chi connectivity index (χ0v) is 13.0. The van der Waals surface area contributed by atoms with Gasteiger partial charge in [0.05, 0.1) is 27.4 Å². The molecule has 1 saturated carbocycles. The van der Waals surface area contributed by atoms with Crippen LogP contribution in [-0.2, 0) is 6.54 Å². The summed E-state index contributed by atoms with van der Waals surface area (Å²) in [6.45, 7) is 0.681. The monoisotopic (exact) mass is 295 g/mol. The van der Waals surface area contributed by atoms with Crippen LogP contribution in [0.5, 0.6) is 17.2 Å². The molecule has 1 aliphatic carbocycles. The minimum atomic E-state index is -0.177. The fraction of sp³-hybridized carbons (Fsp3) is 0.625. The lowest BCUT2D eigenvalue weighted by Gasteiger charge is -2.27. The summed E-state index contributed by atoms with van der Waals surface area (Å²) in [6, 6.07) is 4.21. The maximum atomic E-state index is 9.73. The molecule has 2 atom stereocenters. The highest BCUT2D eigenvalue weighted by Crippen LogP contribution is 2.39. The van der Waals surface area contributed by atoms with Gasteiger partial charge in [0.2, 0.25) is 5.75 Å². The molecular weight excluding hydrogens is 270 g/mol. The minimum absolute atomic E-state index is 0.177. The van der Waals surface area contributed by atoms with E-state index in [-0.39, 0.29) is 6.10 Å². The number of hydrogen-bond donors (Lipinski definition) is 2. The molecule has 5 heteroatoms. The number of rotatable bonds is 6. The van der Waals surface area contributed by atoms with E-state index in [1.54, 1.807) is 21.3 Å². The highest BCUT2D eigenvalue weighted by molar-refractivity contribution is 5.55. The van der Waals surface area contributed by atoms with Crippen molar-refractivity contribution in [3.8, 4) is 17.2 Å². The van der Waals surface area contributed by atoms with Crippen molar-refractivity contribution < 1.29 is 19.3 Å². The summed E-state index contributed by atoms with van der Waals surface area (Å²) in [5.41, 5.74) is 1.02. The fourth-order valence-corrected chi connectivity index (χ4v) is 2.91. The van der Waals surface area contributed by atoms with E-state index in [0.717, 1.165) is 31.2 Å². The molecule has 1 aromatic rings. The van der Waals surface area contributed by atoms with Crippen LogP contribution in [0.1, 0.15) is 31.2 Å². The van der Waals surface area contributed by atoms with E-state index >= 15 is 0 Å². The highest BCUT2D eigenvalue weighted by Gasteiger charge is 2.21. The SMILES string of the molecule is COc1ccc(CNC2CCCC(O)C2)c(OC)c1OC. The molecular formula is C16H25NO4. The first-order valence-corrected chi connectivity index (χ1v) is 7.38. The second kappa shape index (κ2) is 7.52. The summed E-state index contributed by atoms with van der Waals surface area (Å²) in [6.07, 6.45) is 3.73. The van der Waals surface area contributed by atoms with Crippen LogP contribution >= 0.6 is 0 Å². The molecule has 2 unspecified atom stereocenters. The van der Waals surface area contributed by atoms with Crippen LogP contribution in [0.3, 0.4) is 0 Å². The van der Waals surface area contributed by atoms with Gasteiger partial charge in [0.15, 0.2) is 11.5 Å². The Kier molecular flexibility index (Phi) is 5.70. The summed E-state index contributed by atoms with van der Waals surface area (Å²) < 4.78 is 16.2. The lowest BCUT2D eigenvalue weighted by molar-refractivity contribution is 0.111. The molecule has 1 aliphatic rings. The Bertz CT molecular complexity index is 464. The summed E-state index contributed by atoms with van der Waals surface area (Å²) in [7, 11) is 4.85. The molecule has 0 aliphatic heterocycles. The number of methoxy groups -OCH3 is 3. The first-order chi connectivity index (χ1) is 10.2. The Labute approximate surface area is 126 Å². The molecule has 21 heavy (non-hydrogen) atoms. The molecule has 5 nitrogen and oxygen atoms in total. The van der Waals surface area contributed by atoms with Gasteiger partial charge in [-0.15, -0.1) is 0 Å². The van der Waals surface area contributed by atoms with Gasteiger partial charge in [-0.3, -0.25) is 0 Å². The van der Waals surface area contributed by atoms with Gasteiger partial charge in [-0.2, -0.15) is 0 Å². The Hall–Kier alpha value is -1.46. The van der Waals surface area contributed by atoms with Crippen molar-refractivity contribution in [2.45, 2.75) is 44.4 Å². The third-order valence-electron chi connectivity index (χ3n) is 4.01. The van der Waals surface area contributed by atoms with Gasteiger partial charge in [-0.1, -0.05) is 6.07 Å². The number of aliphatic hydroxyl groups is 1. The van der Waals surface area contributed by atoms with Crippen molar-refractivity contribution in [2.75, 3.05) is 21.3 Å². The Morgan fingerprint density at radius 2 is 1.86 bits per heavy atom. The maximum Gasteiger partial charge on any atom is 0.203 e. The quantitative estimate of drug-likeness (QED) is 0.841. The van der Waals surface area contributed by atoms with Gasteiger partial charge in [0.25, 0.3) is 0 Å². The summed E-state index contributed by atoms with van der Waals surface area (Å²) in [5.74, 6) is 1.97. The van der Waals surface area contributed by atoms with Gasteiger partial charge in [-0.05, 0) is 31.7 Å². The minimum Gasteiger partial charge on any atom is -0.493 e. The molecule has 0 amide bonds. The van der Waals surface area contributed by atoms with E-state index in [1.165, 1.54) is 0 Å². The predicted octanol–water partition coefficient (Wildman–Crippen LogP) is 2.11. The van der Waals surface area contributed by atoms with E-state index in [1.807, 2.05) is 12.1 Å². The molecule has 0 spiro atoms. The molecule has 0 radical (unpaired) electrons. The van der Waals surface area contributed by atoms with Gasteiger partial charge in [-0.25, -0.2) is 0 Å². The Morgan fingerprint density at radius 3 is 2.48 bits per heavy atom. The lowest BCUT2D eigenvalue weighted by Crippen LogP contribution is -2.35. The van der Waals surface area contributed by atoms with Crippen LogP contribution < -0.4 is 19.5 Å². The Morgan fingerprint density at radius 1 is 1.10 bits per heavy atom. The molecule has 0 aromatic heterocycles. The third-order valence-corrected chi connectivity index (χ3v) is 4.01. The van der Waals surface area contributed by atoms with Crippen LogP contribution in [0, 0.1) is 0 Å². The number of benzene rings is 1. The Balaban J connectivity index is 2.08. The zero-order valence-electron chi connectivity index (χ0n) is 13.0. The highest BCUT2D eigenvalue weighted by atomic mass is 16.5. The molecule has 0 bridgehead atoms. The van der Waals surface area contributed by atoms with Crippen molar-refractivity contribution in [2.24, 2.45) is 0 Å². The van der Waals surface area contributed by atoms with Crippen molar-refractivity contribution in [3.05, 3.63) is 17.7 Å². The van der Waals surface area contributed by atoms with Gasteiger partial charge in [0, 0.05) is 18.2 Å². The van der Waals surface area contributed by atoms with Crippen molar-refractivity contribution in [1.29, 1.82) is 0 Å². The fourth-order valence-electron chi connectivity index (χ4n) is 2.91. The lowest BCUT2D eigenvalue weighted by atomic mass is 9.93. The van der Waals surface area contributed by atoms with Crippen molar-refractivity contribution in [3.63, 3.8) is 0 Å².